The summed E-state index contributed by atoms with van der Waals surface area (Å²) in [4.78, 5) is 40.7. The van der Waals surface area contributed by atoms with Gasteiger partial charge in [-0.05, 0) is 59.5 Å². The predicted octanol–water partition coefficient (Wildman–Crippen LogP) is 5.00. The maximum atomic E-state index is 11.2. The molecule has 0 heterocycles. The molecule has 0 radical (unpaired) electrons. The Labute approximate surface area is 283 Å². The summed E-state index contributed by atoms with van der Waals surface area (Å²) in [5.41, 5.74) is 14.2. The largest absolute Gasteiger partial charge is 0.481 e. The Balaban J connectivity index is -0.000000104. The molecular weight excluding hydrogens is 588 g/mol. The second-order valence-electron chi connectivity index (χ2n) is 13.9. The minimum absolute atomic E-state index is 0.00926. The summed E-state index contributed by atoms with van der Waals surface area (Å²) < 4.78 is 0. The molecule has 0 aliphatic heterocycles. The van der Waals surface area contributed by atoms with Gasteiger partial charge in [-0.3, -0.25) is 14.4 Å². The molecular formula is C34H78N6O6. The van der Waals surface area contributed by atoms with Crippen LogP contribution in [-0.4, -0.2) is 70.8 Å². The molecule has 1 fully saturated rings. The van der Waals surface area contributed by atoms with E-state index in [1.165, 1.54) is 25.7 Å². The number of rotatable bonds is 7. The molecule has 1 rings (SSSR count). The predicted molar refractivity (Wildman–Crippen MR) is 194 cm³/mol. The highest BCUT2D eigenvalue weighted by molar-refractivity contribution is 5.78. The molecule has 12 nitrogen and oxygen atoms in total. The highest BCUT2D eigenvalue weighted by atomic mass is 16.4. The smallest absolute Gasteiger partial charge is 0.312 e. The van der Waals surface area contributed by atoms with Crippen LogP contribution in [0.1, 0.15) is 136 Å². The third-order valence-electron chi connectivity index (χ3n) is 5.71. The number of primary amides is 2. The fourth-order valence-electron chi connectivity index (χ4n) is 1.72. The van der Waals surface area contributed by atoms with Crippen molar-refractivity contribution in [1.82, 2.24) is 16.0 Å². The van der Waals surface area contributed by atoms with Crippen LogP contribution in [0.5, 0.6) is 0 Å². The zero-order valence-corrected chi connectivity index (χ0v) is 32.7. The Morgan fingerprint density at radius 3 is 1.11 bits per heavy atom. The Morgan fingerprint density at radius 2 is 1.00 bits per heavy atom. The van der Waals surface area contributed by atoms with Crippen LogP contribution >= 0.6 is 0 Å². The first-order valence-electron chi connectivity index (χ1n) is 16.6. The molecule has 0 aromatic heterocycles. The number of urea groups is 1. The van der Waals surface area contributed by atoms with Crippen LogP contribution in [0.25, 0.3) is 0 Å². The van der Waals surface area contributed by atoms with Crippen molar-refractivity contribution < 1.29 is 29.4 Å². The monoisotopic (exact) mass is 667 g/mol. The van der Waals surface area contributed by atoms with Gasteiger partial charge in [0.2, 0.25) is 11.8 Å². The molecule has 1 saturated carbocycles. The van der Waals surface area contributed by atoms with Crippen LogP contribution in [-0.2, 0) is 14.4 Å². The number of aliphatic hydroxyl groups is 1. The number of hydrogen-bond acceptors (Lipinski definition) is 7. The van der Waals surface area contributed by atoms with E-state index in [-0.39, 0.29) is 35.6 Å². The maximum Gasteiger partial charge on any atom is 0.312 e. The molecule has 0 aromatic rings. The average molecular weight is 667 g/mol. The van der Waals surface area contributed by atoms with Gasteiger partial charge in [0, 0.05) is 30.0 Å². The summed E-state index contributed by atoms with van der Waals surface area (Å²) in [6.07, 6.45) is 4.92. The molecule has 12 heteroatoms. The second-order valence-corrected chi connectivity index (χ2v) is 13.9. The van der Waals surface area contributed by atoms with Crippen LogP contribution in [0, 0.1) is 23.7 Å². The molecule has 0 atom stereocenters. The van der Waals surface area contributed by atoms with E-state index in [2.05, 4.69) is 29.8 Å². The number of aliphatic carboxylic acids is 1. The third kappa shape index (κ3) is 64.5. The van der Waals surface area contributed by atoms with E-state index in [1.54, 1.807) is 27.7 Å². The number of hydrogen-bond donors (Lipinski definition) is 8. The van der Waals surface area contributed by atoms with Crippen molar-refractivity contribution in [2.45, 2.75) is 166 Å². The first kappa shape index (κ1) is 55.9. The van der Waals surface area contributed by atoms with E-state index >= 15 is 0 Å². The van der Waals surface area contributed by atoms with Crippen LogP contribution in [0.15, 0.2) is 0 Å². The fourth-order valence-corrected chi connectivity index (χ4v) is 1.72. The highest BCUT2D eigenvalue weighted by Crippen LogP contribution is 2.17. The molecule has 0 saturated heterocycles. The fraction of sp³-hybridized carbons (Fsp3) is 0.882. The Hall–Kier alpha value is -2.44. The summed E-state index contributed by atoms with van der Waals surface area (Å²) in [5.74, 6) is -0.528. The van der Waals surface area contributed by atoms with E-state index in [4.69, 9.17) is 27.4 Å². The lowest BCUT2D eigenvalue weighted by atomic mass is 9.95. The summed E-state index contributed by atoms with van der Waals surface area (Å²) in [7, 11) is 1.95. The van der Waals surface area contributed by atoms with Crippen molar-refractivity contribution >= 4 is 23.8 Å². The zero-order chi connectivity index (χ0) is 38.4. The zero-order valence-electron chi connectivity index (χ0n) is 32.7. The van der Waals surface area contributed by atoms with Gasteiger partial charge in [0.25, 0.3) is 0 Å². The van der Waals surface area contributed by atoms with Crippen molar-refractivity contribution in [3.8, 4) is 0 Å². The van der Waals surface area contributed by atoms with Crippen LogP contribution in [0.3, 0.4) is 0 Å². The third-order valence-corrected chi connectivity index (χ3v) is 5.71. The van der Waals surface area contributed by atoms with Crippen molar-refractivity contribution in [1.29, 1.82) is 0 Å². The number of nitrogens with two attached hydrogens (primary N) is 3. The quantitative estimate of drug-likeness (QED) is 0.184. The summed E-state index contributed by atoms with van der Waals surface area (Å²) >= 11 is 0. The van der Waals surface area contributed by atoms with Crippen molar-refractivity contribution in [3.63, 3.8) is 0 Å². The normalized spacial score (nSPS) is 12.1. The van der Waals surface area contributed by atoms with E-state index in [0.717, 1.165) is 0 Å². The van der Waals surface area contributed by atoms with Crippen molar-refractivity contribution in [2.75, 3.05) is 7.05 Å². The molecule has 11 N–H and O–H groups in total. The number of carboxylic acids is 1. The number of carboxylic acid groups (broad SMARTS) is 1. The lowest BCUT2D eigenvalue weighted by Crippen LogP contribution is -2.35. The maximum absolute atomic E-state index is 11.2. The van der Waals surface area contributed by atoms with Gasteiger partial charge >= 0.3 is 12.0 Å². The van der Waals surface area contributed by atoms with Gasteiger partial charge in [0.05, 0.1) is 11.5 Å². The van der Waals surface area contributed by atoms with Crippen molar-refractivity contribution in [3.05, 3.63) is 0 Å². The Kier molecular flexibility index (Phi) is 41.2. The topological polar surface area (TPSA) is 223 Å². The first-order chi connectivity index (χ1) is 20.6. The lowest BCUT2D eigenvalue weighted by molar-refractivity contribution is -0.140. The van der Waals surface area contributed by atoms with E-state index in [0.29, 0.717) is 24.0 Å². The summed E-state index contributed by atoms with van der Waals surface area (Å²) in [6.45, 7) is 30.1. The van der Waals surface area contributed by atoms with Gasteiger partial charge in [-0.25, -0.2) is 4.79 Å². The van der Waals surface area contributed by atoms with Crippen LogP contribution in [0.2, 0.25) is 0 Å². The van der Waals surface area contributed by atoms with Crippen molar-refractivity contribution in [2.24, 2.45) is 40.9 Å². The average Bonchev–Trinajstić information content (AvgIpc) is 3.37. The van der Waals surface area contributed by atoms with Gasteiger partial charge in [-0.1, -0.05) is 95.9 Å². The standard InChI is InChI=1S/C9H17NO.C6H14O.C4H10N2O.C4H9NO.C4H11N.C4H8O2.C3H9N/c1-7(2)9(11)10-8-5-3-4-6-8;1-5(2)6(3,4)7;1-3(2)6-4(5)7;1-3(2)4(5)6;1-4(2)5-3;1-3(2)4(5)6;1-3(2)4/h7-8H,3-6H2,1-2H3,(H,10,11);5,7H,1-4H3;3H,1-2H3,(H3,5,6,7);3H,1-2H3,(H2,5,6);4-5H,1-3H3;3H,1-2H3,(H,5,6);3H,4H2,1-2H3. The molecule has 0 bridgehead atoms. The molecule has 0 aromatic carbocycles. The second kappa shape index (κ2) is 33.9. The molecule has 4 amide bonds. The summed E-state index contributed by atoms with van der Waals surface area (Å²) in [5, 5.41) is 25.6. The molecule has 46 heavy (non-hydrogen) atoms. The molecule has 1 aliphatic rings. The van der Waals surface area contributed by atoms with Gasteiger partial charge in [0.1, 0.15) is 0 Å². The van der Waals surface area contributed by atoms with Crippen LogP contribution in [0.4, 0.5) is 4.79 Å². The number of amides is 4. The molecule has 0 spiro atoms. The highest BCUT2D eigenvalue weighted by Gasteiger charge is 2.18. The number of nitrogens with one attached hydrogen (secondary N) is 3. The Morgan fingerprint density at radius 1 is 0.717 bits per heavy atom. The van der Waals surface area contributed by atoms with Crippen LogP contribution < -0.4 is 33.2 Å². The minimum Gasteiger partial charge on any atom is -0.481 e. The van der Waals surface area contributed by atoms with E-state index in [1.807, 2.05) is 76.3 Å². The molecule has 0 unspecified atom stereocenters. The summed E-state index contributed by atoms with van der Waals surface area (Å²) in [6, 6.07) is 1.13. The molecule has 280 valence electrons. The number of carbonyl (C=O) groups is 4. The SMILES string of the molecule is CC(C)C(=O)NC1CCCC1.CC(C)C(=O)O.CC(C)C(C)(C)O.CC(C)C(N)=O.CC(C)N.CC(C)NC(N)=O.CNC(C)C. The molecule has 1 aliphatic carbocycles. The first-order valence-corrected chi connectivity index (χ1v) is 16.6. The number of carbonyl (C=O) groups excluding carboxylic acids is 3. The van der Waals surface area contributed by atoms with E-state index < -0.39 is 17.6 Å². The van der Waals surface area contributed by atoms with Gasteiger partial charge in [-0.2, -0.15) is 0 Å². The van der Waals surface area contributed by atoms with E-state index in [9.17, 15) is 19.2 Å². The lowest BCUT2D eigenvalue weighted by Gasteiger charge is -2.21. The Bertz CT molecular complexity index is 707. The van der Waals surface area contributed by atoms with Gasteiger partial charge in [-0.15, -0.1) is 0 Å². The van der Waals surface area contributed by atoms with Gasteiger partial charge < -0.3 is 43.4 Å². The van der Waals surface area contributed by atoms with Gasteiger partial charge in [0.15, 0.2) is 0 Å². The minimum atomic E-state index is -0.741.